The van der Waals surface area contributed by atoms with Gasteiger partial charge in [0.15, 0.2) is 5.17 Å². The number of carbonyl (C=O) groups excluding carboxylic acids is 1. The summed E-state index contributed by atoms with van der Waals surface area (Å²) in [6.07, 6.45) is 1.51. The number of nitrogens with zero attached hydrogens (tertiary/aromatic N) is 2. The topological polar surface area (TPSA) is 89.3 Å². The number of carbonyl (C=O) groups is 1. The molecular weight excluding hydrogens is 386 g/mol. The molecule has 2 aromatic carbocycles. The molecule has 0 spiro atoms. The molecule has 9 heteroatoms. The van der Waals surface area contributed by atoms with E-state index in [1.54, 1.807) is 43.5 Å². The zero-order valence-electron chi connectivity index (χ0n) is 14.7. The molecule has 2 aromatic rings. The molecule has 1 saturated heterocycles. The lowest BCUT2D eigenvalue weighted by Gasteiger charge is -2.11. The van der Waals surface area contributed by atoms with Crippen molar-refractivity contribution >= 4 is 39.9 Å². The highest BCUT2D eigenvalue weighted by atomic mass is 32.2. The highest BCUT2D eigenvalue weighted by molar-refractivity contribution is 8.15. The van der Waals surface area contributed by atoms with Crippen LogP contribution in [0, 0.1) is 0 Å². The number of thioether (sulfide) groups is 1. The summed E-state index contributed by atoms with van der Waals surface area (Å²) in [4.78, 5) is 12.2. The normalized spacial score (nSPS) is 16.5. The van der Waals surface area contributed by atoms with Crippen molar-refractivity contribution in [3.8, 4) is 11.5 Å². The monoisotopic (exact) mass is 403 g/mol. The average Bonchev–Trinajstić information content (AvgIpc) is 3.12. The first-order valence-electron chi connectivity index (χ1n) is 7.89. The number of hydrogen-bond acceptors (Lipinski definition) is 7. The number of hydrogen-bond donors (Lipinski definition) is 1. The maximum absolute atomic E-state index is 13.2. The molecule has 3 rings (SSSR count). The number of methoxy groups -OCH3 is 2. The molecule has 1 fully saturated rings. The van der Waals surface area contributed by atoms with Gasteiger partial charge in [0.05, 0.1) is 46.8 Å². The SMILES string of the molecule is COc1ccc(OC)c(S(=O)c2ccccc2C=NN=C2NC(=O)CS2)c1. The average molecular weight is 403 g/mol. The van der Waals surface area contributed by atoms with Crippen LogP contribution in [0.2, 0.25) is 0 Å². The Morgan fingerprint density at radius 2 is 1.96 bits per heavy atom. The van der Waals surface area contributed by atoms with E-state index in [-0.39, 0.29) is 5.91 Å². The predicted octanol–water partition coefficient (Wildman–Crippen LogP) is 2.42. The molecule has 1 amide bonds. The maximum Gasteiger partial charge on any atom is 0.236 e. The first kappa shape index (κ1) is 19.1. The fourth-order valence-corrected chi connectivity index (χ4v) is 4.29. The highest BCUT2D eigenvalue weighted by Crippen LogP contribution is 2.31. The zero-order valence-corrected chi connectivity index (χ0v) is 16.3. The van der Waals surface area contributed by atoms with Crippen molar-refractivity contribution in [3.05, 3.63) is 48.0 Å². The molecule has 140 valence electrons. The molecule has 0 aliphatic carbocycles. The van der Waals surface area contributed by atoms with Gasteiger partial charge in [0, 0.05) is 11.6 Å². The van der Waals surface area contributed by atoms with Crippen LogP contribution in [0.1, 0.15) is 5.56 Å². The second-order valence-corrected chi connectivity index (χ2v) is 7.69. The molecule has 27 heavy (non-hydrogen) atoms. The molecule has 0 saturated carbocycles. The summed E-state index contributed by atoms with van der Waals surface area (Å²) < 4.78 is 23.8. The largest absolute Gasteiger partial charge is 0.497 e. The third kappa shape index (κ3) is 4.55. The number of nitrogens with one attached hydrogen (secondary N) is 1. The maximum atomic E-state index is 13.2. The summed E-state index contributed by atoms with van der Waals surface area (Å²) in [6, 6.07) is 12.3. The fourth-order valence-electron chi connectivity index (χ4n) is 2.33. The smallest absolute Gasteiger partial charge is 0.236 e. The van der Waals surface area contributed by atoms with Gasteiger partial charge in [-0.3, -0.25) is 4.79 Å². The molecule has 1 aliphatic rings. The Balaban J connectivity index is 1.92. The van der Waals surface area contributed by atoms with E-state index in [2.05, 4.69) is 15.5 Å². The van der Waals surface area contributed by atoms with E-state index in [0.717, 1.165) is 0 Å². The highest BCUT2D eigenvalue weighted by Gasteiger charge is 2.18. The third-order valence-electron chi connectivity index (χ3n) is 3.62. The van der Waals surface area contributed by atoms with Crippen molar-refractivity contribution in [2.45, 2.75) is 9.79 Å². The van der Waals surface area contributed by atoms with Gasteiger partial charge in [-0.1, -0.05) is 30.0 Å². The minimum Gasteiger partial charge on any atom is -0.497 e. The van der Waals surface area contributed by atoms with Gasteiger partial charge in [0.2, 0.25) is 5.91 Å². The van der Waals surface area contributed by atoms with Crippen LogP contribution in [0.3, 0.4) is 0 Å². The Morgan fingerprint density at radius 1 is 1.15 bits per heavy atom. The van der Waals surface area contributed by atoms with Crippen LogP contribution in [0.5, 0.6) is 11.5 Å². The van der Waals surface area contributed by atoms with Gasteiger partial charge in [-0.2, -0.15) is 5.10 Å². The van der Waals surface area contributed by atoms with Gasteiger partial charge in [-0.05, 0) is 18.2 Å². The molecule has 7 nitrogen and oxygen atoms in total. The molecule has 1 heterocycles. The quantitative estimate of drug-likeness (QED) is 0.591. The second-order valence-electron chi connectivity index (χ2n) is 5.31. The molecule has 1 aliphatic heterocycles. The van der Waals surface area contributed by atoms with Gasteiger partial charge in [-0.25, -0.2) is 4.21 Å². The van der Waals surface area contributed by atoms with Crippen LogP contribution in [-0.4, -0.2) is 41.5 Å². The lowest BCUT2D eigenvalue weighted by Crippen LogP contribution is -2.19. The Labute approximate surface area is 163 Å². The van der Waals surface area contributed by atoms with Gasteiger partial charge < -0.3 is 14.8 Å². The Bertz CT molecular complexity index is 944. The van der Waals surface area contributed by atoms with Crippen LogP contribution in [0.4, 0.5) is 0 Å². The number of amides is 1. The minimum absolute atomic E-state index is 0.0967. The van der Waals surface area contributed by atoms with Crippen molar-refractivity contribution < 1.29 is 18.5 Å². The van der Waals surface area contributed by atoms with Crippen molar-refractivity contribution in [3.63, 3.8) is 0 Å². The van der Waals surface area contributed by atoms with Crippen molar-refractivity contribution in [2.24, 2.45) is 10.2 Å². The zero-order chi connectivity index (χ0) is 19.2. The summed E-state index contributed by atoms with van der Waals surface area (Å²) in [7, 11) is 1.56. The van der Waals surface area contributed by atoms with Crippen LogP contribution in [0.25, 0.3) is 0 Å². The molecule has 0 aromatic heterocycles. The number of ether oxygens (including phenoxy) is 2. The third-order valence-corrected chi connectivity index (χ3v) is 5.97. The van der Waals surface area contributed by atoms with Crippen molar-refractivity contribution in [1.82, 2.24) is 5.32 Å². The van der Waals surface area contributed by atoms with Gasteiger partial charge in [0.1, 0.15) is 11.5 Å². The van der Waals surface area contributed by atoms with E-state index in [1.165, 1.54) is 25.1 Å². The number of rotatable bonds is 6. The van der Waals surface area contributed by atoms with E-state index < -0.39 is 10.8 Å². The number of benzene rings is 2. The first-order valence-corrected chi connectivity index (χ1v) is 10.0. The molecule has 1 unspecified atom stereocenters. The van der Waals surface area contributed by atoms with Gasteiger partial charge >= 0.3 is 0 Å². The summed E-state index contributed by atoms with van der Waals surface area (Å²) >= 11 is 1.29. The molecular formula is C18H17N3O4S2. The molecule has 0 radical (unpaired) electrons. The summed E-state index contributed by atoms with van der Waals surface area (Å²) in [6.45, 7) is 0. The van der Waals surface area contributed by atoms with Gasteiger partial charge in [-0.15, -0.1) is 5.10 Å². The van der Waals surface area contributed by atoms with Gasteiger partial charge in [0.25, 0.3) is 0 Å². The minimum atomic E-state index is -1.51. The standard InChI is InChI=1S/C18H17N3O4S2/c1-24-13-7-8-14(25-2)16(9-13)27(23)15-6-4-3-5-12(15)10-19-21-18-20-17(22)11-26-18/h3-10H,11H2,1-2H3,(H,20,21,22). The Kier molecular flexibility index (Phi) is 6.25. The molecule has 1 N–H and O–H groups in total. The van der Waals surface area contributed by atoms with Crippen LogP contribution < -0.4 is 14.8 Å². The van der Waals surface area contributed by atoms with Crippen LogP contribution >= 0.6 is 11.8 Å². The first-order chi connectivity index (χ1) is 13.1. The van der Waals surface area contributed by atoms with Crippen molar-refractivity contribution in [2.75, 3.05) is 20.0 Å². The van der Waals surface area contributed by atoms with E-state index in [1.807, 2.05) is 6.07 Å². The van der Waals surface area contributed by atoms with Crippen LogP contribution in [0.15, 0.2) is 62.5 Å². The van der Waals surface area contributed by atoms with Crippen LogP contribution in [-0.2, 0) is 15.6 Å². The Hall–Kier alpha value is -2.65. The number of amidine groups is 1. The summed E-state index contributed by atoms with van der Waals surface area (Å²) in [5.41, 5.74) is 0.652. The predicted molar refractivity (Wildman–Crippen MR) is 106 cm³/mol. The molecule has 1 atom stereocenters. The van der Waals surface area contributed by atoms with E-state index in [9.17, 15) is 9.00 Å². The van der Waals surface area contributed by atoms with E-state index in [4.69, 9.17) is 9.47 Å². The van der Waals surface area contributed by atoms with Crippen molar-refractivity contribution in [1.29, 1.82) is 0 Å². The summed E-state index contributed by atoms with van der Waals surface area (Å²) in [5, 5.41) is 11.0. The van der Waals surface area contributed by atoms with E-state index in [0.29, 0.717) is 37.8 Å². The Morgan fingerprint density at radius 3 is 2.67 bits per heavy atom. The second kappa shape index (κ2) is 8.83. The summed E-state index contributed by atoms with van der Waals surface area (Å²) in [5.74, 6) is 1.34. The fraction of sp³-hybridized carbons (Fsp3) is 0.167. The molecule has 0 bridgehead atoms. The van der Waals surface area contributed by atoms with E-state index >= 15 is 0 Å². The lowest BCUT2D eigenvalue weighted by atomic mass is 10.2. The lowest BCUT2D eigenvalue weighted by molar-refractivity contribution is -0.116.